The van der Waals surface area contributed by atoms with Crippen molar-refractivity contribution in [2.75, 3.05) is 0 Å². The zero-order valence-electron chi connectivity index (χ0n) is 9.22. The molecule has 0 fully saturated rings. The molecule has 0 radical (unpaired) electrons. The largest absolute Gasteiger partial charge is 0.392 e. The van der Waals surface area contributed by atoms with Gasteiger partial charge in [0.15, 0.2) is 5.16 Å². The van der Waals surface area contributed by atoms with Crippen LogP contribution in [0, 0.1) is 12.7 Å². The van der Waals surface area contributed by atoms with E-state index in [2.05, 4.69) is 9.97 Å². The Kier molecular flexibility index (Phi) is 3.71. The molecule has 2 rings (SSSR count). The Hall–Kier alpha value is -1.46. The molecule has 1 aromatic heterocycles. The molecule has 17 heavy (non-hydrogen) atoms. The molecule has 1 aromatic carbocycles. The molecule has 1 heterocycles. The van der Waals surface area contributed by atoms with Gasteiger partial charge in [-0.25, -0.2) is 14.4 Å². The normalized spacial score (nSPS) is 10.5. The van der Waals surface area contributed by atoms with Crippen molar-refractivity contribution in [3.63, 3.8) is 0 Å². The van der Waals surface area contributed by atoms with E-state index in [0.29, 0.717) is 15.6 Å². The quantitative estimate of drug-likeness (QED) is 0.850. The van der Waals surface area contributed by atoms with Crippen LogP contribution in [0.4, 0.5) is 4.39 Å². The Balaban J connectivity index is 2.26. The van der Waals surface area contributed by atoms with Gasteiger partial charge >= 0.3 is 0 Å². The number of benzene rings is 1. The molecule has 0 aliphatic rings. The van der Waals surface area contributed by atoms with Crippen LogP contribution >= 0.6 is 11.8 Å². The van der Waals surface area contributed by atoms with Gasteiger partial charge in [0.25, 0.3) is 0 Å². The van der Waals surface area contributed by atoms with Crippen molar-refractivity contribution in [3.8, 4) is 0 Å². The summed E-state index contributed by atoms with van der Waals surface area (Å²) >= 11 is 1.27. The lowest BCUT2D eigenvalue weighted by Gasteiger charge is -2.03. The molecule has 0 spiro atoms. The fourth-order valence-corrected chi connectivity index (χ4v) is 2.25. The lowest BCUT2D eigenvalue weighted by molar-refractivity contribution is 0.281. The molecular weight excluding hydrogens is 239 g/mol. The van der Waals surface area contributed by atoms with E-state index in [9.17, 15) is 4.39 Å². The van der Waals surface area contributed by atoms with Gasteiger partial charge in [-0.05, 0) is 48.5 Å². The van der Waals surface area contributed by atoms with Crippen LogP contribution in [0.25, 0.3) is 0 Å². The lowest BCUT2D eigenvalue weighted by Crippen LogP contribution is -1.90. The third kappa shape index (κ3) is 3.25. The Morgan fingerprint density at radius 2 is 2.18 bits per heavy atom. The summed E-state index contributed by atoms with van der Waals surface area (Å²) in [7, 11) is 0. The third-order valence-electron chi connectivity index (χ3n) is 2.10. The van der Waals surface area contributed by atoms with Crippen LogP contribution in [0.15, 0.2) is 40.5 Å². The van der Waals surface area contributed by atoms with Gasteiger partial charge in [-0.2, -0.15) is 0 Å². The van der Waals surface area contributed by atoms with Gasteiger partial charge in [-0.1, -0.05) is 0 Å². The van der Waals surface area contributed by atoms with E-state index in [-0.39, 0.29) is 12.4 Å². The summed E-state index contributed by atoms with van der Waals surface area (Å²) < 4.78 is 13.2. The minimum absolute atomic E-state index is 0.181. The SMILES string of the molecule is Cc1ccnc(Sc2cc(F)cc(CO)c2)n1. The topological polar surface area (TPSA) is 46.0 Å². The van der Waals surface area contributed by atoms with Crippen LogP contribution in [0.3, 0.4) is 0 Å². The van der Waals surface area contributed by atoms with Gasteiger partial charge in [0.1, 0.15) is 5.82 Å². The lowest BCUT2D eigenvalue weighted by atomic mass is 10.2. The van der Waals surface area contributed by atoms with E-state index >= 15 is 0 Å². The Morgan fingerprint density at radius 1 is 1.35 bits per heavy atom. The number of nitrogens with zero attached hydrogens (tertiary/aromatic N) is 2. The maximum Gasteiger partial charge on any atom is 0.192 e. The van der Waals surface area contributed by atoms with Gasteiger partial charge in [-0.3, -0.25) is 0 Å². The Morgan fingerprint density at radius 3 is 2.88 bits per heavy atom. The average molecular weight is 250 g/mol. The molecule has 0 saturated carbocycles. The van der Waals surface area contributed by atoms with Gasteiger partial charge in [0, 0.05) is 16.8 Å². The highest BCUT2D eigenvalue weighted by atomic mass is 32.2. The van der Waals surface area contributed by atoms with E-state index in [0.717, 1.165) is 5.69 Å². The second-order valence-electron chi connectivity index (χ2n) is 3.54. The van der Waals surface area contributed by atoms with Crippen LogP contribution in [0.1, 0.15) is 11.3 Å². The monoisotopic (exact) mass is 250 g/mol. The van der Waals surface area contributed by atoms with Crippen molar-refractivity contribution in [2.45, 2.75) is 23.6 Å². The first-order valence-electron chi connectivity index (χ1n) is 5.05. The highest BCUT2D eigenvalue weighted by molar-refractivity contribution is 7.99. The number of aliphatic hydroxyl groups is 1. The summed E-state index contributed by atoms with van der Waals surface area (Å²) in [6.45, 7) is 1.69. The van der Waals surface area contributed by atoms with Gasteiger partial charge in [0.2, 0.25) is 0 Å². The summed E-state index contributed by atoms with van der Waals surface area (Å²) in [6, 6.07) is 6.23. The molecule has 0 aliphatic carbocycles. The van der Waals surface area contributed by atoms with Crippen LogP contribution in [-0.2, 0) is 6.61 Å². The van der Waals surface area contributed by atoms with Crippen LogP contribution in [0.5, 0.6) is 0 Å². The molecule has 3 nitrogen and oxygen atoms in total. The Bertz CT molecular complexity index is 534. The molecular formula is C12H11FN2OS. The van der Waals surface area contributed by atoms with E-state index in [1.54, 1.807) is 18.3 Å². The summed E-state index contributed by atoms with van der Waals surface area (Å²) in [5.74, 6) is -0.369. The van der Waals surface area contributed by atoms with Crippen molar-refractivity contribution >= 4 is 11.8 Å². The first-order valence-corrected chi connectivity index (χ1v) is 5.87. The molecule has 88 valence electrons. The number of aliphatic hydroxyl groups excluding tert-OH is 1. The zero-order chi connectivity index (χ0) is 12.3. The third-order valence-corrected chi connectivity index (χ3v) is 2.95. The number of aromatic nitrogens is 2. The molecule has 0 bridgehead atoms. The number of rotatable bonds is 3. The molecule has 1 N–H and O–H groups in total. The first-order chi connectivity index (χ1) is 8.17. The highest BCUT2D eigenvalue weighted by Gasteiger charge is 2.04. The van der Waals surface area contributed by atoms with Crippen molar-refractivity contribution in [3.05, 3.63) is 47.5 Å². The number of hydrogen-bond acceptors (Lipinski definition) is 4. The highest BCUT2D eigenvalue weighted by Crippen LogP contribution is 2.26. The summed E-state index contributed by atoms with van der Waals surface area (Å²) in [4.78, 5) is 8.99. The molecule has 0 amide bonds. The molecule has 0 aliphatic heterocycles. The van der Waals surface area contributed by atoms with Crippen molar-refractivity contribution in [2.24, 2.45) is 0 Å². The maximum absolute atomic E-state index is 13.2. The fourth-order valence-electron chi connectivity index (χ4n) is 1.35. The van der Waals surface area contributed by atoms with Crippen LogP contribution in [-0.4, -0.2) is 15.1 Å². The summed E-state index contributed by atoms with van der Waals surface area (Å²) in [5.41, 5.74) is 1.40. The number of aryl methyl sites for hydroxylation is 1. The smallest absolute Gasteiger partial charge is 0.192 e. The predicted molar refractivity (Wildman–Crippen MR) is 63.2 cm³/mol. The predicted octanol–water partition coefficient (Wildman–Crippen LogP) is 2.57. The molecule has 2 aromatic rings. The molecule has 5 heteroatoms. The van der Waals surface area contributed by atoms with Crippen LogP contribution < -0.4 is 0 Å². The zero-order valence-corrected chi connectivity index (χ0v) is 10.0. The van der Waals surface area contributed by atoms with E-state index in [1.165, 1.54) is 23.9 Å². The summed E-state index contributed by atoms with van der Waals surface area (Å²) in [6.07, 6.45) is 1.66. The average Bonchev–Trinajstić information content (AvgIpc) is 2.28. The van der Waals surface area contributed by atoms with Crippen molar-refractivity contribution < 1.29 is 9.50 Å². The minimum Gasteiger partial charge on any atom is -0.392 e. The van der Waals surface area contributed by atoms with E-state index < -0.39 is 0 Å². The molecule has 0 unspecified atom stereocenters. The minimum atomic E-state index is -0.369. The number of hydrogen-bond donors (Lipinski definition) is 1. The van der Waals surface area contributed by atoms with Crippen LogP contribution in [0.2, 0.25) is 0 Å². The standard InChI is InChI=1S/C12H11FN2OS/c1-8-2-3-14-12(15-8)17-11-5-9(7-16)4-10(13)6-11/h2-6,16H,7H2,1H3. The number of halogens is 1. The molecule has 0 atom stereocenters. The van der Waals surface area contributed by atoms with Crippen molar-refractivity contribution in [1.29, 1.82) is 0 Å². The first kappa shape index (κ1) is 12.0. The van der Waals surface area contributed by atoms with Gasteiger partial charge < -0.3 is 5.11 Å². The Labute approximate surface area is 103 Å². The second kappa shape index (κ2) is 5.25. The van der Waals surface area contributed by atoms with Gasteiger partial charge in [0.05, 0.1) is 6.61 Å². The van der Waals surface area contributed by atoms with E-state index in [1.807, 2.05) is 6.92 Å². The summed E-state index contributed by atoms with van der Waals surface area (Å²) in [5, 5.41) is 9.56. The molecule has 0 saturated heterocycles. The van der Waals surface area contributed by atoms with Gasteiger partial charge in [-0.15, -0.1) is 0 Å². The second-order valence-corrected chi connectivity index (χ2v) is 4.58. The fraction of sp³-hybridized carbons (Fsp3) is 0.167. The maximum atomic E-state index is 13.2. The van der Waals surface area contributed by atoms with E-state index in [4.69, 9.17) is 5.11 Å². The van der Waals surface area contributed by atoms with Crippen molar-refractivity contribution in [1.82, 2.24) is 9.97 Å².